The molecule has 2 fully saturated rings. The third-order valence-electron chi connectivity index (χ3n) is 7.32. The lowest BCUT2D eigenvalue weighted by Crippen LogP contribution is -2.60. The quantitative estimate of drug-likeness (QED) is 0.439. The van der Waals surface area contributed by atoms with Gasteiger partial charge in [0.25, 0.3) is 0 Å². The Labute approximate surface area is 239 Å². The van der Waals surface area contributed by atoms with Crippen molar-refractivity contribution < 1.29 is 13.9 Å². The molecule has 12 heteroatoms. The van der Waals surface area contributed by atoms with Crippen LogP contribution in [0, 0.1) is 11.6 Å². The maximum atomic E-state index is 13.7. The van der Waals surface area contributed by atoms with Crippen LogP contribution in [0.4, 0.5) is 26.2 Å². The zero-order valence-electron chi connectivity index (χ0n) is 23.3. The van der Waals surface area contributed by atoms with Gasteiger partial charge in [-0.3, -0.25) is 4.90 Å². The van der Waals surface area contributed by atoms with Crippen LogP contribution in [0.5, 0.6) is 0 Å². The molecule has 0 amide bonds. The Morgan fingerprint density at radius 3 is 2.38 bits per heavy atom. The van der Waals surface area contributed by atoms with Crippen LogP contribution in [0.15, 0.2) is 36.5 Å². The van der Waals surface area contributed by atoms with Crippen molar-refractivity contribution in [2.75, 3.05) is 54.8 Å². The molecule has 2 aliphatic heterocycles. The van der Waals surface area contributed by atoms with Gasteiger partial charge in [0.2, 0.25) is 5.95 Å². The summed E-state index contributed by atoms with van der Waals surface area (Å²) in [5.41, 5.74) is 7.90. The van der Waals surface area contributed by atoms with E-state index < -0.39 is 17.2 Å². The van der Waals surface area contributed by atoms with E-state index in [1.54, 1.807) is 6.92 Å². The molecule has 2 aromatic heterocycles. The van der Waals surface area contributed by atoms with E-state index in [9.17, 15) is 13.9 Å². The lowest BCUT2D eigenvalue weighted by molar-refractivity contribution is 0.0305. The zero-order valence-corrected chi connectivity index (χ0v) is 24.1. The van der Waals surface area contributed by atoms with E-state index in [0.717, 1.165) is 30.4 Å². The Kier molecular flexibility index (Phi) is 8.67. The van der Waals surface area contributed by atoms with Gasteiger partial charge in [-0.05, 0) is 31.9 Å². The Bertz CT molecular complexity index is 1350. The molecule has 2 saturated heterocycles. The third-order valence-corrected chi connectivity index (χ3v) is 7.32. The van der Waals surface area contributed by atoms with Gasteiger partial charge in [-0.25, -0.2) is 13.5 Å². The number of aliphatic hydroxyl groups is 1. The smallest absolute Gasteiger partial charge is 0.224 e. The van der Waals surface area contributed by atoms with Crippen molar-refractivity contribution in [1.82, 2.24) is 24.6 Å². The average molecular weight is 575 g/mol. The number of benzene rings is 1. The molecule has 0 radical (unpaired) electrons. The minimum Gasteiger partial charge on any atom is -0.386 e. The molecule has 3 aromatic rings. The predicted octanol–water partition coefficient (Wildman–Crippen LogP) is 3.86. The van der Waals surface area contributed by atoms with Gasteiger partial charge < -0.3 is 20.6 Å². The molecule has 3 N–H and O–H groups in total. The van der Waals surface area contributed by atoms with Crippen molar-refractivity contribution in [1.29, 1.82) is 0 Å². The molecule has 216 valence electrons. The van der Waals surface area contributed by atoms with Crippen molar-refractivity contribution >= 4 is 35.9 Å². The van der Waals surface area contributed by atoms with Crippen molar-refractivity contribution in [3.8, 4) is 5.82 Å². The summed E-state index contributed by atoms with van der Waals surface area (Å²) >= 11 is 0. The van der Waals surface area contributed by atoms with Crippen LogP contribution in [-0.2, 0) is 0 Å². The maximum Gasteiger partial charge on any atom is 0.224 e. The highest BCUT2D eigenvalue weighted by atomic mass is 35.5. The van der Waals surface area contributed by atoms with E-state index >= 15 is 0 Å². The Morgan fingerprint density at radius 1 is 1.07 bits per heavy atom. The number of piperazine rings is 1. The van der Waals surface area contributed by atoms with Crippen molar-refractivity contribution in [3.05, 3.63) is 59.4 Å². The fraction of sp³-hybridized carbons (Fsp3) is 0.464. The number of nitrogens with two attached hydrogens (primary N) is 1. The Balaban J connectivity index is 0.00000370. The third kappa shape index (κ3) is 6.37. The number of nitrogen functional groups attached to an aromatic ring is 1. The number of nitrogens with zero attached hydrogens (tertiary/aromatic N) is 7. The normalized spacial score (nSPS) is 19.2. The van der Waals surface area contributed by atoms with Crippen LogP contribution in [0.2, 0.25) is 0 Å². The number of rotatable bonds is 7. The first-order valence-corrected chi connectivity index (χ1v) is 13.3. The predicted molar refractivity (Wildman–Crippen MR) is 156 cm³/mol. The van der Waals surface area contributed by atoms with Gasteiger partial charge in [0.05, 0.1) is 17.5 Å². The summed E-state index contributed by atoms with van der Waals surface area (Å²) in [5.74, 6) is 0.473. The highest BCUT2D eigenvalue weighted by Gasteiger charge is 2.37. The second kappa shape index (κ2) is 11.7. The molecule has 0 bridgehead atoms. The minimum atomic E-state index is -0.728. The lowest BCUT2D eigenvalue weighted by Gasteiger charge is -2.44. The van der Waals surface area contributed by atoms with Crippen LogP contribution in [0.25, 0.3) is 11.9 Å². The minimum absolute atomic E-state index is 0. The standard InChI is InChI=1S/C28H36F2N8O.ClH/c1-18(2)26-20(14-32-38(26)25-13-24(33-27(31)34-25)37-16-28(4,39)17-37)6-5-7-35-8-9-36(15-19(35)3)23-11-21(29)10-22(30)12-23;/h5-6,10-14,18-19,39H,7-9,15-17H2,1-4H3,(H2,31,33,34);1H/t19-;/m1./s1. The first-order valence-electron chi connectivity index (χ1n) is 13.3. The molecular weight excluding hydrogens is 538 g/mol. The molecule has 0 aliphatic carbocycles. The van der Waals surface area contributed by atoms with E-state index in [0.29, 0.717) is 43.5 Å². The summed E-state index contributed by atoms with van der Waals surface area (Å²) in [7, 11) is 0. The van der Waals surface area contributed by atoms with Crippen molar-refractivity contribution in [2.45, 2.75) is 45.3 Å². The van der Waals surface area contributed by atoms with Crippen LogP contribution < -0.4 is 15.5 Å². The Morgan fingerprint density at radius 2 is 1.75 bits per heavy atom. The van der Waals surface area contributed by atoms with Crippen LogP contribution in [-0.4, -0.2) is 80.7 Å². The summed E-state index contributed by atoms with van der Waals surface area (Å²) in [6, 6.07) is 5.74. The molecule has 1 aromatic carbocycles. The van der Waals surface area contributed by atoms with E-state index in [1.165, 1.54) is 12.1 Å². The number of aromatic nitrogens is 4. The van der Waals surface area contributed by atoms with E-state index in [-0.39, 0.29) is 30.3 Å². The first kappa shape index (κ1) is 29.7. The largest absolute Gasteiger partial charge is 0.386 e. The molecule has 0 unspecified atom stereocenters. The van der Waals surface area contributed by atoms with Gasteiger partial charge in [0, 0.05) is 68.7 Å². The molecule has 5 rings (SSSR count). The van der Waals surface area contributed by atoms with Gasteiger partial charge >= 0.3 is 0 Å². The van der Waals surface area contributed by atoms with Crippen LogP contribution >= 0.6 is 12.4 Å². The average Bonchev–Trinajstić information content (AvgIpc) is 3.27. The van der Waals surface area contributed by atoms with Crippen molar-refractivity contribution in [2.24, 2.45) is 0 Å². The fourth-order valence-electron chi connectivity index (χ4n) is 5.45. The number of halogens is 3. The summed E-state index contributed by atoms with van der Waals surface area (Å²) < 4.78 is 29.2. The number of anilines is 3. The molecule has 1 atom stereocenters. The molecule has 0 saturated carbocycles. The molecule has 2 aliphatic rings. The first-order chi connectivity index (χ1) is 18.5. The lowest BCUT2D eigenvalue weighted by atomic mass is 9.97. The monoisotopic (exact) mass is 574 g/mol. The highest BCUT2D eigenvalue weighted by Crippen LogP contribution is 2.29. The summed E-state index contributed by atoms with van der Waals surface area (Å²) in [4.78, 5) is 15.1. The number of hydrogen-bond acceptors (Lipinski definition) is 8. The van der Waals surface area contributed by atoms with E-state index in [1.807, 2.05) is 26.7 Å². The molecule has 40 heavy (non-hydrogen) atoms. The van der Waals surface area contributed by atoms with Crippen LogP contribution in [0.3, 0.4) is 0 Å². The van der Waals surface area contributed by atoms with Gasteiger partial charge in [-0.1, -0.05) is 26.0 Å². The molecule has 9 nitrogen and oxygen atoms in total. The number of β-amino-alcohol motifs (C(OH)–C–C–N with tert-alkyl or cyclic N) is 1. The van der Waals surface area contributed by atoms with Gasteiger partial charge in [0.1, 0.15) is 17.5 Å². The van der Waals surface area contributed by atoms with Gasteiger partial charge in [-0.2, -0.15) is 15.1 Å². The SMILES string of the molecule is CC(C)c1c(C=CCN2CCN(c3cc(F)cc(F)c3)C[C@H]2C)cnn1-c1cc(N2CC(C)(O)C2)nc(N)n1.Cl. The van der Waals surface area contributed by atoms with Gasteiger partial charge in [-0.15, -0.1) is 12.4 Å². The van der Waals surface area contributed by atoms with Crippen molar-refractivity contribution in [3.63, 3.8) is 0 Å². The zero-order chi connectivity index (χ0) is 27.9. The Hall–Kier alpha value is -3.28. The fourth-order valence-corrected chi connectivity index (χ4v) is 5.45. The summed E-state index contributed by atoms with van der Waals surface area (Å²) in [6.07, 6.45) is 6.04. The van der Waals surface area contributed by atoms with Gasteiger partial charge in [0.15, 0.2) is 5.82 Å². The second-order valence-electron chi connectivity index (χ2n) is 11.2. The second-order valence-corrected chi connectivity index (χ2v) is 11.2. The molecule has 0 spiro atoms. The molecule has 4 heterocycles. The topological polar surface area (TPSA) is 99.6 Å². The maximum absolute atomic E-state index is 13.7. The molecular formula is C28H37ClF2N8O. The van der Waals surface area contributed by atoms with Crippen LogP contribution in [0.1, 0.15) is 44.9 Å². The summed E-state index contributed by atoms with van der Waals surface area (Å²) in [5, 5.41) is 14.8. The summed E-state index contributed by atoms with van der Waals surface area (Å²) in [6.45, 7) is 12.0. The van der Waals surface area contributed by atoms with E-state index in [2.05, 4.69) is 52.9 Å². The number of hydrogen-bond donors (Lipinski definition) is 2. The highest BCUT2D eigenvalue weighted by molar-refractivity contribution is 5.85. The van der Waals surface area contributed by atoms with E-state index in [4.69, 9.17) is 5.73 Å².